The largest absolute Gasteiger partial charge is 0.257 e. The zero-order valence-electron chi connectivity index (χ0n) is 10.2. The lowest BCUT2D eigenvalue weighted by molar-refractivity contribution is 0.529. The van der Waals surface area contributed by atoms with Crippen molar-refractivity contribution in [2.75, 3.05) is 0 Å². The van der Waals surface area contributed by atoms with Gasteiger partial charge in [0.1, 0.15) is 0 Å². The fraction of sp³-hybridized carbons (Fsp3) is 1.00. The highest BCUT2D eigenvalue weighted by Crippen LogP contribution is 2.86. The fourth-order valence-corrected chi connectivity index (χ4v) is 25.3. The number of hydrogen-bond donors (Lipinski definition) is 1. The Balaban J connectivity index is 3.64. The molecule has 0 fully saturated rings. The molecule has 0 saturated carbocycles. The van der Waals surface area contributed by atoms with Gasteiger partial charge in [-0.15, -0.1) is 0 Å². The second-order valence-corrected chi connectivity index (χ2v) is 22.9. The highest BCUT2D eigenvalue weighted by Gasteiger charge is 2.34. The number of nitrogens with one attached hydrogen (secondary N) is 1. The second kappa shape index (κ2) is 6.67. The van der Waals surface area contributed by atoms with E-state index < -0.39 is 30.0 Å². The van der Waals surface area contributed by atoms with Gasteiger partial charge >= 0.3 is 0 Å². The molecule has 1 N–H and O–H groups in total. The minimum Gasteiger partial charge on any atom is -0.248 e. The van der Waals surface area contributed by atoms with Gasteiger partial charge < -0.3 is 0 Å². The number of halogens is 7. The van der Waals surface area contributed by atoms with E-state index in [0.717, 1.165) is 0 Å². The topological polar surface area (TPSA) is 61.5 Å². The molecule has 0 aromatic rings. The van der Waals surface area contributed by atoms with Crippen molar-refractivity contribution in [1.29, 1.82) is 0 Å². The van der Waals surface area contributed by atoms with Crippen LogP contribution in [0, 0.1) is 0 Å². The SMILES string of the molecule is CC(C)(C)NP1(Cl)=NP(Cl)(Cl)=NP(Cl)(Cl)=NP(Cl)(Cl)=N1. The van der Waals surface area contributed by atoms with E-state index in [0.29, 0.717) is 0 Å². The Morgan fingerprint density at radius 1 is 0.650 bits per heavy atom. The van der Waals surface area contributed by atoms with E-state index in [2.05, 4.69) is 23.1 Å². The summed E-state index contributed by atoms with van der Waals surface area (Å²) in [5.74, 6) is -9.74. The number of nitrogens with zero attached hydrogens (tertiary/aromatic N) is 4. The van der Waals surface area contributed by atoms with Crippen molar-refractivity contribution in [2.24, 2.45) is 18.1 Å². The molecule has 1 atom stereocenters. The van der Waals surface area contributed by atoms with Crippen LogP contribution in [0.15, 0.2) is 18.1 Å². The van der Waals surface area contributed by atoms with Crippen LogP contribution in [0.2, 0.25) is 0 Å². The maximum atomic E-state index is 6.39. The molecule has 1 aliphatic heterocycles. The average molecular weight is 500 g/mol. The van der Waals surface area contributed by atoms with Crippen molar-refractivity contribution in [2.45, 2.75) is 26.3 Å². The Hall–Kier alpha value is 2.91. The molecule has 5 nitrogen and oxygen atoms in total. The Kier molecular flexibility index (Phi) is 6.98. The zero-order chi connectivity index (χ0) is 16.0. The third kappa shape index (κ3) is 7.65. The van der Waals surface area contributed by atoms with Crippen LogP contribution in [0.1, 0.15) is 20.8 Å². The van der Waals surface area contributed by atoms with Gasteiger partial charge in [0.2, 0.25) is 6.71 Å². The predicted octanol–water partition coefficient (Wildman–Crippen LogP) is 9.84. The maximum absolute atomic E-state index is 6.39. The van der Waals surface area contributed by atoms with Crippen LogP contribution in [0.4, 0.5) is 0 Å². The summed E-state index contributed by atoms with van der Waals surface area (Å²) in [6, 6.07) is 0. The molecule has 20 heavy (non-hydrogen) atoms. The number of hydrogen-bond acceptors (Lipinski definition) is 5. The van der Waals surface area contributed by atoms with Crippen molar-refractivity contribution in [1.82, 2.24) is 5.09 Å². The van der Waals surface area contributed by atoms with E-state index in [9.17, 15) is 0 Å². The van der Waals surface area contributed by atoms with E-state index in [-0.39, 0.29) is 0 Å². The van der Waals surface area contributed by atoms with E-state index >= 15 is 0 Å². The van der Waals surface area contributed by atoms with Gasteiger partial charge in [-0.05, 0) is 99.5 Å². The molecular formula is C4H10Cl7N5P4. The minimum atomic E-state index is -3.25. The van der Waals surface area contributed by atoms with E-state index in [1.54, 1.807) is 0 Å². The first kappa shape index (κ1) is 21.0. The highest BCUT2D eigenvalue weighted by molar-refractivity contribution is 8.24. The van der Waals surface area contributed by atoms with Gasteiger partial charge in [-0.2, -0.15) is 18.1 Å². The van der Waals surface area contributed by atoms with Gasteiger partial charge in [0, 0.05) is 5.54 Å². The molecule has 16 heteroatoms. The quantitative estimate of drug-likeness (QED) is 0.358. The third-order valence-electron chi connectivity index (χ3n) is 1.36. The molecule has 0 spiro atoms. The summed E-state index contributed by atoms with van der Waals surface area (Å²) < 4.78 is 16.0. The van der Waals surface area contributed by atoms with Gasteiger partial charge in [0.25, 0.3) is 17.7 Å². The Bertz CT molecular complexity index is 614. The lowest BCUT2D eigenvalue weighted by Crippen LogP contribution is -2.31. The van der Waals surface area contributed by atoms with Crippen LogP contribution in [0.25, 0.3) is 0 Å². The smallest absolute Gasteiger partial charge is 0.248 e. The summed E-state index contributed by atoms with van der Waals surface area (Å²) in [6.45, 7) is 2.49. The highest BCUT2D eigenvalue weighted by atomic mass is 35.9. The molecule has 0 aromatic heterocycles. The van der Waals surface area contributed by atoms with E-state index in [4.69, 9.17) is 78.7 Å². The predicted molar refractivity (Wildman–Crippen MR) is 101 cm³/mol. The summed E-state index contributed by atoms with van der Waals surface area (Å²) >= 11 is 42.5. The molecule has 0 radical (unpaired) electrons. The molecule has 0 saturated heterocycles. The molecule has 1 unspecified atom stereocenters. The van der Waals surface area contributed by atoms with Crippen molar-refractivity contribution in [3.8, 4) is 0 Å². The standard InChI is InChI=1S/C4H10Cl7N5P4/c1-4(2,3)12-20(11)15-18(7,8)13-17(5,6)14-19(9,10)16-20/h12H,1-3H3. The molecule has 120 valence electrons. The number of rotatable bonds is 1. The third-order valence-corrected chi connectivity index (χ3v) is 18.2. The van der Waals surface area contributed by atoms with Gasteiger partial charge in [-0.3, -0.25) is 0 Å². The molecule has 1 aliphatic rings. The molecule has 0 aromatic carbocycles. The molecule has 1 rings (SSSR count). The summed E-state index contributed by atoms with van der Waals surface area (Å²) in [4.78, 5) is 0. The summed E-state index contributed by atoms with van der Waals surface area (Å²) in [5, 5.41) is 3.01. The molecule has 1 heterocycles. The van der Waals surface area contributed by atoms with Crippen LogP contribution >= 0.6 is 103 Å². The van der Waals surface area contributed by atoms with E-state index in [1.807, 2.05) is 20.8 Å². The first-order valence-electron chi connectivity index (χ1n) is 4.76. The summed E-state index contributed by atoms with van der Waals surface area (Å²) in [6.07, 6.45) is 0. The summed E-state index contributed by atoms with van der Waals surface area (Å²) in [7, 11) is 0. The van der Waals surface area contributed by atoms with Gasteiger partial charge in [0.05, 0.1) is 0 Å². The maximum Gasteiger partial charge on any atom is 0.257 e. The Morgan fingerprint density at radius 3 is 1.40 bits per heavy atom. The van der Waals surface area contributed by atoms with Gasteiger partial charge in [-0.25, -0.2) is 5.09 Å². The van der Waals surface area contributed by atoms with Gasteiger partial charge in [-0.1, -0.05) is 0 Å². The monoisotopic (exact) mass is 497 g/mol. The summed E-state index contributed by atoms with van der Waals surface area (Å²) in [5.41, 5.74) is -0.433. The normalized spacial score (nSPS) is 31.7. The molecule has 0 aliphatic carbocycles. The van der Waals surface area contributed by atoms with Crippen LogP contribution in [-0.4, -0.2) is 5.54 Å². The zero-order valence-corrected chi connectivity index (χ0v) is 19.1. The molecular weight excluding hydrogens is 490 g/mol. The Morgan fingerprint density at radius 2 is 1.00 bits per heavy atom. The lowest BCUT2D eigenvalue weighted by Gasteiger charge is -2.28. The average Bonchev–Trinajstić information content (AvgIpc) is 1.84. The van der Waals surface area contributed by atoms with Crippen molar-refractivity contribution in [3.63, 3.8) is 0 Å². The van der Waals surface area contributed by atoms with Crippen molar-refractivity contribution >= 4 is 103 Å². The minimum absolute atomic E-state index is 0.433. The Labute approximate surface area is 151 Å². The second-order valence-electron chi connectivity index (χ2n) is 4.61. The first-order valence-corrected chi connectivity index (χ1v) is 17.9. The van der Waals surface area contributed by atoms with Crippen LogP contribution in [-0.2, 0) is 0 Å². The van der Waals surface area contributed by atoms with Gasteiger partial charge in [0.15, 0.2) is 0 Å². The van der Waals surface area contributed by atoms with Crippen molar-refractivity contribution in [3.05, 3.63) is 0 Å². The van der Waals surface area contributed by atoms with Crippen molar-refractivity contribution < 1.29 is 0 Å². The lowest BCUT2D eigenvalue weighted by atomic mass is 10.1. The van der Waals surface area contributed by atoms with E-state index in [1.165, 1.54) is 0 Å². The molecule has 0 amide bonds. The van der Waals surface area contributed by atoms with Crippen LogP contribution < -0.4 is 5.09 Å². The van der Waals surface area contributed by atoms with Crippen LogP contribution in [0.3, 0.4) is 0 Å². The first-order chi connectivity index (χ1) is 8.54. The van der Waals surface area contributed by atoms with Crippen LogP contribution in [0.5, 0.6) is 0 Å². The fourth-order valence-electron chi connectivity index (χ4n) is 1.09. The molecule has 0 bridgehead atoms.